The number of hydrogen-bond donors (Lipinski definition) is 0. The number of para-hydroxylation sites is 1. The lowest BCUT2D eigenvalue weighted by molar-refractivity contribution is -0.116. The lowest BCUT2D eigenvalue weighted by Crippen LogP contribution is -2.30. The van der Waals surface area contributed by atoms with Crippen molar-refractivity contribution in [1.29, 1.82) is 0 Å². The SMILES string of the molecule is COc1ccc(OCc2nnc(SCC(=O)N3CCc4ccccc43)n2-c2ccc(C)cc2)cc1. The van der Waals surface area contributed by atoms with Gasteiger partial charge in [0.15, 0.2) is 11.0 Å². The molecule has 4 aromatic rings. The minimum Gasteiger partial charge on any atom is -0.497 e. The quantitative estimate of drug-likeness (QED) is 0.332. The number of carbonyl (C=O) groups is 1. The summed E-state index contributed by atoms with van der Waals surface area (Å²) >= 11 is 1.39. The van der Waals surface area contributed by atoms with E-state index >= 15 is 0 Å². The van der Waals surface area contributed by atoms with Gasteiger partial charge in [-0.2, -0.15) is 0 Å². The lowest BCUT2D eigenvalue weighted by atomic mass is 10.2. The van der Waals surface area contributed by atoms with Crippen LogP contribution in [0, 0.1) is 6.92 Å². The van der Waals surface area contributed by atoms with Crippen LogP contribution in [0.1, 0.15) is 17.0 Å². The van der Waals surface area contributed by atoms with E-state index in [-0.39, 0.29) is 18.3 Å². The number of anilines is 1. The van der Waals surface area contributed by atoms with Gasteiger partial charge in [-0.3, -0.25) is 9.36 Å². The summed E-state index contributed by atoms with van der Waals surface area (Å²) in [4.78, 5) is 14.9. The smallest absolute Gasteiger partial charge is 0.237 e. The topological polar surface area (TPSA) is 69.5 Å². The predicted molar refractivity (Wildman–Crippen MR) is 137 cm³/mol. The molecule has 2 heterocycles. The van der Waals surface area contributed by atoms with Gasteiger partial charge in [-0.25, -0.2) is 0 Å². The second-order valence-corrected chi connectivity index (χ2v) is 9.19. The molecule has 0 saturated carbocycles. The molecule has 0 N–H and O–H groups in total. The van der Waals surface area contributed by atoms with Crippen LogP contribution >= 0.6 is 11.8 Å². The van der Waals surface area contributed by atoms with E-state index < -0.39 is 0 Å². The summed E-state index contributed by atoms with van der Waals surface area (Å²) in [5.41, 5.74) is 4.31. The first-order chi connectivity index (χ1) is 17.1. The molecule has 1 amide bonds. The first kappa shape index (κ1) is 23.0. The van der Waals surface area contributed by atoms with Gasteiger partial charge >= 0.3 is 0 Å². The van der Waals surface area contributed by atoms with Crippen LogP contribution in [0.15, 0.2) is 78.0 Å². The maximum Gasteiger partial charge on any atom is 0.237 e. The van der Waals surface area contributed by atoms with Gasteiger partial charge in [-0.1, -0.05) is 47.7 Å². The molecule has 0 radical (unpaired) electrons. The molecule has 0 fully saturated rings. The van der Waals surface area contributed by atoms with Crippen molar-refractivity contribution in [3.05, 3.63) is 89.7 Å². The molecule has 7 nitrogen and oxygen atoms in total. The fraction of sp³-hybridized carbons (Fsp3) is 0.222. The van der Waals surface area contributed by atoms with E-state index in [9.17, 15) is 4.79 Å². The molecule has 0 saturated heterocycles. The zero-order valence-electron chi connectivity index (χ0n) is 19.7. The standard InChI is InChI=1S/C27H26N4O3S/c1-19-7-9-21(10-8-19)31-25(17-34-23-13-11-22(33-2)12-14-23)28-29-27(31)35-18-26(32)30-16-15-20-5-3-4-6-24(20)30/h3-14H,15-18H2,1-2H3. The Morgan fingerprint density at radius 2 is 1.71 bits per heavy atom. The average molecular weight is 487 g/mol. The summed E-state index contributed by atoms with van der Waals surface area (Å²) in [5, 5.41) is 9.45. The summed E-state index contributed by atoms with van der Waals surface area (Å²) in [6, 6.07) is 23.6. The monoisotopic (exact) mass is 486 g/mol. The van der Waals surface area contributed by atoms with Crippen molar-refractivity contribution in [2.24, 2.45) is 0 Å². The van der Waals surface area contributed by atoms with Crippen LogP contribution in [0.2, 0.25) is 0 Å². The van der Waals surface area contributed by atoms with Gasteiger partial charge in [0.05, 0.1) is 12.9 Å². The van der Waals surface area contributed by atoms with Crippen molar-refractivity contribution in [3.8, 4) is 17.2 Å². The van der Waals surface area contributed by atoms with Crippen molar-refractivity contribution in [1.82, 2.24) is 14.8 Å². The molecule has 0 bridgehead atoms. The second-order valence-electron chi connectivity index (χ2n) is 8.25. The van der Waals surface area contributed by atoms with Crippen molar-refractivity contribution in [2.75, 3.05) is 24.3 Å². The fourth-order valence-corrected chi connectivity index (χ4v) is 4.91. The maximum atomic E-state index is 13.1. The van der Waals surface area contributed by atoms with Crippen LogP contribution < -0.4 is 14.4 Å². The van der Waals surface area contributed by atoms with Gasteiger partial charge < -0.3 is 14.4 Å². The molecular formula is C27H26N4O3S. The summed E-state index contributed by atoms with van der Waals surface area (Å²) in [5.74, 6) is 2.48. The van der Waals surface area contributed by atoms with E-state index in [1.807, 2.05) is 83.1 Å². The Morgan fingerprint density at radius 3 is 2.49 bits per heavy atom. The Kier molecular flexibility index (Phi) is 6.72. The third-order valence-corrected chi connectivity index (χ3v) is 6.85. The molecule has 3 aromatic carbocycles. The molecule has 178 valence electrons. The van der Waals surface area contributed by atoms with Crippen LogP contribution in [0.3, 0.4) is 0 Å². The van der Waals surface area contributed by atoms with Gasteiger partial charge in [0.2, 0.25) is 5.91 Å². The Balaban J connectivity index is 1.34. The first-order valence-electron chi connectivity index (χ1n) is 11.4. The summed E-state index contributed by atoms with van der Waals surface area (Å²) in [7, 11) is 1.63. The molecule has 0 atom stereocenters. The maximum absolute atomic E-state index is 13.1. The molecular weight excluding hydrogens is 460 g/mol. The number of benzene rings is 3. The molecule has 0 unspecified atom stereocenters. The lowest BCUT2D eigenvalue weighted by Gasteiger charge is -2.17. The minimum atomic E-state index is 0.0643. The van der Waals surface area contributed by atoms with Gasteiger partial charge in [0, 0.05) is 17.9 Å². The summed E-state index contributed by atoms with van der Waals surface area (Å²) in [6.07, 6.45) is 0.888. The average Bonchev–Trinajstić information content (AvgIpc) is 3.51. The zero-order chi connectivity index (χ0) is 24.2. The second kappa shape index (κ2) is 10.2. The highest BCUT2D eigenvalue weighted by Gasteiger charge is 2.25. The van der Waals surface area contributed by atoms with Crippen molar-refractivity contribution in [2.45, 2.75) is 25.1 Å². The fourth-order valence-electron chi connectivity index (χ4n) is 4.06. The number of amides is 1. The molecule has 35 heavy (non-hydrogen) atoms. The van der Waals surface area contributed by atoms with Gasteiger partial charge in [-0.15, -0.1) is 10.2 Å². The number of thioether (sulfide) groups is 1. The molecule has 0 aliphatic carbocycles. The van der Waals surface area contributed by atoms with Crippen LogP contribution in [0.5, 0.6) is 11.5 Å². The van der Waals surface area contributed by atoms with E-state index in [1.54, 1.807) is 7.11 Å². The number of fused-ring (bicyclic) bond motifs is 1. The number of aryl methyl sites for hydroxylation is 1. The van der Waals surface area contributed by atoms with E-state index in [0.717, 1.165) is 29.1 Å². The van der Waals surface area contributed by atoms with Crippen LogP contribution in [0.25, 0.3) is 5.69 Å². The van der Waals surface area contributed by atoms with Crippen molar-refractivity contribution < 1.29 is 14.3 Å². The number of ether oxygens (including phenoxy) is 2. The number of hydrogen-bond acceptors (Lipinski definition) is 6. The number of nitrogens with zero attached hydrogens (tertiary/aromatic N) is 4. The van der Waals surface area contributed by atoms with Gasteiger partial charge in [0.1, 0.15) is 18.1 Å². The predicted octanol–water partition coefficient (Wildman–Crippen LogP) is 4.84. The third kappa shape index (κ3) is 5.02. The Morgan fingerprint density at radius 1 is 0.971 bits per heavy atom. The summed E-state index contributed by atoms with van der Waals surface area (Å²) in [6.45, 7) is 3.00. The molecule has 1 aliphatic heterocycles. The van der Waals surface area contributed by atoms with Crippen LogP contribution in [-0.4, -0.2) is 40.1 Å². The number of aromatic nitrogens is 3. The number of rotatable bonds is 8. The largest absolute Gasteiger partial charge is 0.497 e. The number of methoxy groups -OCH3 is 1. The highest BCUT2D eigenvalue weighted by molar-refractivity contribution is 7.99. The molecule has 8 heteroatoms. The van der Waals surface area contributed by atoms with Crippen molar-refractivity contribution >= 4 is 23.4 Å². The normalized spacial score (nSPS) is 12.5. The zero-order valence-corrected chi connectivity index (χ0v) is 20.5. The Labute approximate surface area is 208 Å². The van der Waals surface area contributed by atoms with Crippen molar-refractivity contribution in [3.63, 3.8) is 0 Å². The van der Waals surface area contributed by atoms with E-state index in [1.165, 1.54) is 17.3 Å². The van der Waals surface area contributed by atoms with Crippen LogP contribution in [0.4, 0.5) is 5.69 Å². The van der Waals surface area contributed by atoms with E-state index in [2.05, 4.69) is 16.3 Å². The number of carbonyl (C=O) groups excluding carboxylic acids is 1. The van der Waals surface area contributed by atoms with Gasteiger partial charge in [-0.05, 0) is 61.4 Å². The minimum absolute atomic E-state index is 0.0643. The molecule has 1 aliphatic rings. The van der Waals surface area contributed by atoms with E-state index in [4.69, 9.17) is 9.47 Å². The highest BCUT2D eigenvalue weighted by Crippen LogP contribution is 2.29. The first-order valence-corrected chi connectivity index (χ1v) is 12.4. The molecule has 0 spiro atoms. The van der Waals surface area contributed by atoms with Gasteiger partial charge in [0.25, 0.3) is 0 Å². The highest BCUT2D eigenvalue weighted by atomic mass is 32.2. The van der Waals surface area contributed by atoms with Crippen LogP contribution in [-0.2, 0) is 17.8 Å². The molecule has 5 rings (SSSR count). The summed E-state index contributed by atoms with van der Waals surface area (Å²) < 4.78 is 13.1. The Hall–Kier alpha value is -3.78. The third-order valence-electron chi connectivity index (χ3n) is 5.93. The van der Waals surface area contributed by atoms with E-state index in [0.29, 0.717) is 23.3 Å². The Bertz CT molecular complexity index is 1320. The molecule has 1 aromatic heterocycles.